The molecule has 0 atom stereocenters. The highest BCUT2D eigenvalue weighted by molar-refractivity contribution is 6.31. The Balaban J connectivity index is 3.13. The van der Waals surface area contributed by atoms with Crippen LogP contribution in [0.5, 0.6) is 0 Å². The second kappa shape index (κ2) is 2.19. The third-order valence-electron chi connectivity index (χ3n) is 1.00. The van der Waals surface area contributed by atoms with Gasteiger partial charge in [-0.2, -0.15) is 0 Å². The van der Waals surface area contributed by atoms with Crippen molar-refractivity contribution in [2.45, 2.75) is 6.92 Å². The summed E-state index contributed by atoms with van der Waals surface area (Å²) in [6, 6.07) is 8.41. The molecule has 0 nitrogen and oxygen atoms in total. The van der Waals surface area contributed by atoms with Gasteiger partial charge in [-0.05, 0) is 30.7 Å². The lowest BCUT2D eigenvalue weighted by atomic mass is 10.2. The predicted octanol–water partition coefficient (Wildman–Crippen LogP) is 2.45. The van der Waals surface area contributed by atoms with Gasteiger partial charge in [0, 0.05) is 5.02 Å². The molecule has 0 unspecified atom stereocenters. The lowest BCUT2D eigenvalue weighted by Gasteiger charge is -1.90. The van der Waals surface area contributed by atoms with Crippen LogP contribution in [0.2, 0.25) is 5.02 Å². The fraction of sp³-hybridized carbons (Fsp3) is 0.143. The Bertz CT molecular complexity index is 160. The minimum Gasteiger partial charge on any atom is -0.0841 e. The zero-order valence-corrected chi connectivity index (χ0v) is 5.37. The predicted molar refractivity (Wildman–Crippen MR) is 35.0 cm³/mol. The first-order valence-corrected chi connectivity index (χ1v) is 2.80. The quantitative estimate of drug-likeness (QED) is 0.500. The van der Waals surface area contributed by atoms with Crippen LogP contribution < -0.4 is 0 Å². The Hall–Kier alpha value is -0.490. The number of hydrogen-bond acceptors (Lipinski definition) is 0. The number of rotatable bonds is 0. The van der Waals surface area contributed by atoms with Crippen LogP contribution >= 0.6 is 11.6 Å². The average Bonchev–Trinajstić information content (AvgIpc) is 1.77. The molecule has 41 valence electrons. The van der Waals surface area contributed by atoms with Crippen molar-refractivity contribution >= 4 is 11.6 Å². The highest BCUT2D eigenvalue weighted by Crippen LogP contribution is 2.11. The summed E-state index contributed by atoms with van der Waals surface area (Å²) in [6.07, 6.45) is 0. The number of benzene rings is 1. The van der Waals surface area contributed by atoms with E-state index in [1.54, 1.807) is 6.07 Å². The topological polar surface area (TPSA) is 0 Å². The Morgan fingerprint density at radius 1 is 1.62 bits per heavy atom. The van der Waals surface area contributed by atoms with Crippen LogP contribution in [0, 0.1) is 13.0 Å². The van der Waals surface area contributed by atoms with Crippen molar-refractivity contribution in [2.24, 2.45) is 0 Å². The minimum atomic E-state index is 0.809. The summed E-state index contributed by atoms with van der Waals surface area (Å²) < 4.78 is 0. The Morgan fingerprint density at radius 2 is 2.38 bits per heavy atom. The standard InChI is InChI=1S/C7H6Cl/c1-6-4-2-3-5-7(6)8/h3-5H,1H3. The smallest absolute Gasteiger partial charge is 0.0435 e. The molecule has 0 bridgehead atoms. The van der Waals surface area contributed by atoms with E-state index >= 15 is 0 Å². The molecule has 0 spiro atoms. The van der Waals surface area contributed by atoms with Gasteiger partial charge in [-0.25, -0.2) is 0 Å². The van der Waals surface area contributed by atoms with Crippen molar-refractivity contribution < 1.29 is 0 Å². The molecule has 8 heavy (non-hydrogen) atoms. The van der Waals surface area contributed by atoms with Crippen LogP contribution in [0.1, 0.15) is 5.56 Å². The van der Waals surface area contributed by atoms with Crippen LogP contribution in [-0.2, 0) is 0 Å². The highest BCUT2D eigenvalue weighted by Gasteiger charge is 1.86. The maximum atomic E-state index is 5.69. The lowest BCUT2D eigenvalue weighted by Crippen LogP contribution is -1.69. The largest absolute Gasteiger partial charge is 0.0841 e. The van der Waals surface area contributed by atoms with Gasteiger partial charge in [-0.1, -0.05) is 17.7 Å². The average molecular weight is 126 g/mol. The van der Waals surface area contributed by atoms with E-state index in [0.717, 1.165) is 10.6 Å². The third-order valence-corrected chi connectivity index (χ3v) is 1.43. The molecule has 1 aromatic rings. The molecule has 0 heterocycles. The molecule has 0 aliphatic rings. The number of aryl methyl sites for hydroxylation is 1. The monoisotopic (exact) mass is 125 g/mol. The molecule has 0 aliphatic heterocycles. The summed E-state index contributed by atoms with van der Waals surface area (Å²) in [6.45, 7) is 1.96. The molecule has 1 radical (unpaired) electrons. The van der Waals surface area contributed by atoms with E-state index in [-0.39, 0.29) is 0 Å². The summed E-state index contributed by atoms with van der Waals surface area (Å²) in [5, 5.41) is 0.809. The highest BCUT2D eigenvalue weighted by atomic mass is 35.5. The fourth-order valence-corrected chi connectivity index (χ4v) is 0.612. The van der Waals surface area contributed by atoms with E-state index in [1.165, 1.54) is 0 Å². The molecule has 1 rings (SSSR count). The van der Waals surface area contributed by atoms with Crippen LogP contribution in [0.4, 0.5) is 0 Å². The fourth-order valence-electron chi connectivity index (χ4n) is 0.495. The van der Waals surface area contributed by atoms with Crippen LogP contribution in [-0.4, -0.2) is 0 Å². The van der Waals surface area contributed by atoms with Gasteiger partial charge >= 0.3 is 0 Å². The van der Waals surface area contributed by atoms with Gasteiger partial charge in [0.2, 0.25) is 0 Å². The lowest BCUT2D eigenvalue weighted by molar-refractivity contribution is 1.47. The molecular weight excluding hydrogens is 120 g/mol. The van der Waals surface area contributed by atoms with E-state index < -0.39 is 0 Å². The van der Waals surface area contributed by atoms with Crippen molar-refractivity contribution in [2.75, 3.05) is 0 Å². The zero-order chi connectivity index (χ0) is 5.98. The Labute approximate surface area is 54.1 Å². The van der Waals surface area contributed by atoms with Crippen molar-refractivity contribution in [3.63, 3.8) is 0 Å². The van der Waals surface area contributed by atoms with Gasteiger partial charge in [0.1, 0.15) is 0 Å². The van der Waals surface area contributed by atoms with Gasteiger partial charge in [-0.3, -0.25) is 0 Å². The Morgan fingerprint density at radius 3 is 2.75 bits per heavy atom. The normalized spacial score (nSPS) is 9.25. The summed E-state index contributed by atoms with van der Waals surface area (Å²) in [5.74, 6) is 0. The SMILES string of the molecule is Cc1c[c]ccc1Cl. The third kappa shape index (κ3) is 1.01. The maximum absolute atomic E-state index is 5.69. The van der Waals surface area contributed by atoms with Crippen molar-refractivity contribution in [3.8, 4) is 0 Å². The summed E-state index contributed by atoms with van der Waals surface area (Å²) in [7, 11) is 0. The number of halogens is 1. The van der Waals surface area contributed by atoms with E-state index in [9.17, 15) is 0 Å². The van der Waals surface area contributed by atoms with E-state index in [0.29, 0.717) is 0 Å². The number of hydrogen-bond donors (Lipinski definition) is 0. The molecule has 1 heteroatoms. The van der Waals surface area contributed by atoms with Crippen molar-refractivity contribution in [1.82, 2.24) is 0 Å². The van der Waals surface area contributed by atoms with Gasteiger partial charge in [-0.15, -0.1) is 0 Å². The molecule has 0 amide bonds. The first kappa shape index (κ1) is 5.64. The minimum absolute atomic E-state index is 0.809. The summed E-state index contributed by atoms with van der Waals surface area (Å²) in [5.41, 5.74) is 1.08. The zero-order valence-electron chi connectivity index (χ0n) is 4.61. The second-order valence-corrected chi connectivity index (χ2v) is 2.08. The van der Waals surface area contributed by atoms with E-state index in [2.05, 4.69) is 6.07 Å². The van der Waals surface area contributed by atoms with Crippen molar-refractivity contribution in [1.29, 1.82) is 0 Å². The second-order valence-electron chi connectivity index (χ2n) is 1.68. The van der Waals surface area contributed by atoms with Crippen LogP contribution in [0.15, 0.2) is 18.2 Å². The molecule has 0 saturated carbocycles. The van der Waals surface area contributed by atoms with Crippen LogP contribution in [0.25, 0.3) is 0 Å². The molecule has 0 aromatic heterocycles. The van der Waals surface area contributed by atoms with Gasteiger partial charge < -0.3 is 0 Å². The van der Waals surface area contributed by atoms with Gasteiger partial charge in [0.25, 0.3) is 0 Å². The molecular formula is C7H6Cl. The molecule has 0 N–H and O–H groups in total. The Kier molecular flexibility index (Phi) is 1.54. The summed E-state index contributed by atoms with van der Waals surface area (Å²) in [4.78, 5) is 0. The molecule has 0 aliphatic carbocycles. The van der Waals surface area contributed by atoms with E-state index in [4.69, 9.17) is 11.6 Å². The molecule has 0 saturated heterocycles. The van der Waals surface area contributed by atoms with Gasteiger partial charge in [0.15, 0.2) is 0 Å². The first-order valence-electron chi connectivity index (χ1n) is 2.43. The maximum Gasteiger partial charge on any atom is 0.0435 e. The molecule has 1 aromatic carbocycles. The van der Waals surface area contributed by atoms with Gasteiger partial charge in [0.05, 0.1) is 0 Å². The molecule has 0 fully saturated rings. The van der Waals surface area contributed by atoms with Crippen molar-refractivity contribution in [3.05, 3.63) is 34.9 Å². The summed E-state index contributed by atoms with van der Waals surface area (Å²) >= 11 is 5.69. The first-order chi connectivity index (χ1) is 3.80. The van der Waals surface area contributed by atoms with Crippen LogP contribution in [0.3, 0.4) is 0 Å². The van der Waals surface area contributed by atoms with E-state index in [1.807, 2.05) is 19.1 Å².